The topological polar surface area (TPSA) is 96.9 Å². The Labute approximate surface area is 111 Å². The van der Waals surface area contributed by atoms with Gasteiger partial charge in [0.1, 0.15) is 17.4 Å². The first-order chi connectivity index (χ1) is 8.69. The van der Waals surface area contributed by atoms with E-state index in [4.69, 9.17) is 4.74 Å². The molecule has 2 N–H and O–H groups in total. The van der Waals surface area contributed by atoms with Crippen LogP contribution in [0.5, 0.6) is 0 Å². The van der Waals surface area contributed by atoms with Gasteiger partial charge in [0, 0.05) is 12.8 Å². The van der Waals surface area contributed by atoms with Crippen LogP contribution < -0.4 is 10.7 Å². The number of ether oxygens (including phenoxy) is 1. The highest BCUT2D eigenvalue weighted by molar-refractivity contribution is 6.39. The maximum Gasteiger partial charge on any atom is 0.328 e. The van der Waals surface area contributed by atoms with Crippen LogP contribution in [-0.2, 0) is 19.1 Å². The Hall–Kier alpha value is -1.92. The zero-order valence-corrected chi connectivity index (χ0v) is 11.6. The van der Waals surface area contributed by atoms with E-state index in [2.05, 4.69) is 15.8 Å². The first-order valence-corrected chi connectivity index (χ1v) is 6.08. The van der Waals surface area contributed by atoms with E-state index >= 15 is 0 Å². The van der Waals surface area contributed by atoms with Gasteiger partial charge >= 0.3 is 5.97 Å². The number of carbonyl (C=O) groups is 3. The monoisotopic (exact) mass is 269 g/mol. The Morgan fingerprint density at radius 3 is 2.47 bits per heavy atom. The van der Waals surface area contributed by atoms with Crippen LogP contribution in [0.3, 0.4) is 0 Å². The van der Waals surface area contributed by atoms with Gasteiger partial charge in [0.25, 0.3) is 5.91 Å². The average Bonchev–Trinajstić information content (AvgIpc) is 2.27. The third-order valence-electron chi connectivity index (χ3n) is 2.27. The molecule has 0 unspecified atom stereocenters. The summed E-state index contributed by atoms with van der Waals surface area (Å²) in [6, 6.07) is -0.771. The minimum Gasteiger partial charge on any atom is -0.458 e. The van der Waals surface area contributed by atoms with E-state index in [-0.39, 0.29) is 24.5 Å². The fraction of sp³-hybridized carbons (Fsp3) is 0.667. The Morgan fingerprint density at radius 2 is 2.00 bits per heavy atom. The normalized spacial score (nSPS) is 17.1. The maximum atomic E-state index is 11.8. The molecule has 1 atom stereocenters. The van der Waals surface area contributed by atoms with Crippen molar-refractivity contribution in [2.75, 3.05) is 0 Å². The highest BCUT2D eigenvalue weighted by Crippen LogP contribution is 2.08. The minimum absolute atomic E-state index is 0.204. The molecule has 7 heteroatoms. The average molecular weight is 269 g/mol. The maximum absolute atomic E-state index is 11.8. The van der Waals surface area contributed by atoms with Crippen LogP contribution in [-0.4, -0.2) is 35.1 Å². The quantitative estimate of drug-likeness (QED) is 0.710. The minimum atomic E-state index is -0.771. The molecule has 0 radical (unpaired) electrons. The number of hydrogen-bond donors (Lipinski definition) is 2. The van der Waals surface area contributed by atoms with Gasteiger partial charge in [-0.05, 0) is 27.7 Å². The van der Waals surface area contributed by atoms with Gasteiger partial charge in [-0.15, -0.1) is 0 Å². The van der Waals surface area contributed by atoms with Gasteiger partial charge in [-0.1, -0.05) is 0 Å². The molecule has 0 aliphatic carbocycles. The van der Waals surface area contributed by atoms with Crippen molar-refractivity contribution in [3.8, 4) is 0 Å². The molecule has 0 fully saturated rings. The number of hydrogen-bond acceptors (Lipinski definition) is 5. The van der Waals surface area contributed by atoms with Crippen LogP contribution in [0.1, 0.15) is 40.5 Å². The van der Waals surface area contributed by atoms with E-state index in [9.17, 15) is 14.4 Å². The lowest BCUT2D eigenvalue weighted by Gasteiger charge is -2.23. The van der Waals surface area contributed by atoms with Gasteiger partial charge in [0.2, 0.25) is 5.91 Å². The Morgan fingerprint density at radius 1 is 1.37 bits per heavy atom. The second-order valence-electron chi connectivity index (χ2n) is 5.32. The molecule has 1 rings (SSSR count). The molecule has 7 nitrogen and oxygen atoms in total. The molecular formula is C12H19N3O4. The summed E-state index contributed by atoms with van der Waals surface area (Å²) in [7, 11) is 0. The molecule has 0 bridgehead atoms. The molecule has 1 heterocycles. The zero-order chi connectivity index (χ0) is 14.6. The van der Waals surface area contributed by atoms with Crippen LogP contribution in [0.4, 0.5) is 0 Å². The van der Waals surface area contributed by atoms with Crippen molar-refractivity contribution in [3.05, 3.63) is 0 Å². The molecule has 106 valence electrons. The summed E-state index contributed by atoms with van der Waals surface area (Å²) in [6.07, 6.45) is 0.478. The molecule has 1 aliphatic heterocycles. The number of amides is 2. The fourth-order valence-electron chi connectivity index (χ4n) is 1.37. The van der Waals surface area contributed by atoms with Crippen molar-refractivity contribution < 1.29 is 19.1 Å². The lowest BCUT2D eigenvalue weighted by atomic mass is 10.1. The summed E-state index contributed by atoms with van der Waals surface area (Å²) >= 11 is 0. The predicted molar refractivity (Wildman–Crippen MR) is 68.3 cm³/mol. The second kappa shape index (κ2) is 5.81. The van der Waals surface area contributed by atoms with Crippen molar-refractivity contribution >= 4 is 23.5 Å². The van der Waals surface area contributed by atoms with Gasteiger partial charge in [0.15, 0.2) is 0 Å². The summed E-state index contributed by atoms with van der Waals surface area (Å²) in [4.78, 5) is 34.4. The molecule has 0 saturated carbocycles. The van der Waals surface area contributed by atoms with Crippen LogP contribution in [0.2, 0.25) is 0 Å². The van der Waals surface area contributed by atoms with Crippen molar-refractivity contribution in [1.82, 2.24) is 10.7 Å². The lowest BCUT2D eigenvalue weighted by molar-refractivity contribution is -0.157. The van der Waals surface area contributed by atoms with Crippen molar-refractivity contribution in [3.63, 3.8) is 0 Å². The van der Waals surface area contributed by atoms with E-state index < -0.39 is 23.5 Å². The summed E-state index contributed by atoms with van der Waals surface area (Å²) < 4.78 is 5.14. The highest BCUT2D eigenvalue weighted by atomic mass is 16.6. The zero-order valence-electron chi connectivity index (χ0n) is 11.6. The smallest absolute Gasteiger partial charge is 0.328 e. The van der Waals surface area contributed by atoms with E-state index in [1.807, 2.05) is 0 Å². The van der Waals surface area contributed by atoms with Gasteiger partial charge in [-0.3, -0.25) is 9.59 Å². The number of nitrogens with one attached hydrogen (secondary N) is 2. The van der Waals surface area contributed by atoms with E-state index in [0.717, 1.165) is 0 Å². The Balaban J connectivity index is 2.52. The first kappa shape index (κ1) is 15.1. The second-order valence-corrected chi connectivity index (χ2v) is 5.32. The largest absolute Gasteiger partial charge is 0.458 e. The molecular weight excluding hydrogens is 250 g/mol. The van der Waals surface area contributed by atoms with Crippen LogP contribution in [0.15, 0.2) is 5.10 Å². The summed E-state index contributed by atoms with van der Waals surface area (Å²) in [5.41, 5.74) is 1.82. The number of rotatable bonds is 3. The third-order valence-corrected chi connectivity index (χ3v) is 2.27. The van der Waals surface area contributed by atoms with E-state index in [1.54, 1.807) is 20.8 Å². The summed E-state index contributed by atoms with van der Waals surface area (Å²) in [5.74, 6) is -1.21. The summed E-state index contributed by atoms with van der Waals surface area (Å²) in [6.45, 7) is 6.79. The van der Waals surface area contributed by atoms with Gasteiger partial charge in [-0.2, -0.15) is 5.10 Å². The number of nitrogens with zero attached hydrogens (tertiary/aromatic N) is 1. The van der Waals surface area contributed by atoms with E-state index in [0.29, 0.717) is 0 Å². The van der Waals surface area contributed by atoms with Crippen molar-refractivity contribution in [1.29, 1.82) is 0 Å². The molecule has 0 aromatic carbocycles. The SMILES string of the molecule is C[C@H](NC(=O)C1=NNC(=O)CC1)C(=O)OC(C)(C)C. The standard InChI is InChI=1S/C12H19N3O4/c1-7(11(18)19-12(2,3)4)13-10(17)8-5-6-9(16)15-14-8/h7H,5-6H2,1-4H3,(H,13,17)(H,15,16)/t7-/m0/s1. The molecule has 2 amide bonds. The molecule has 0 spiro atoms. The summed E-state index contributed by atoms with van der Waals surface area (Å²) in [5, 5.41) is 6.14. The number of esters is 1. The molecule has 0 aromatic heterocycles. The van der Waals surface area contributed by atoms with Crippen LogP contribution >= 0.6 is 0 Å². The molecule has 0 saturated heterocycles. The number of hydrazone groups is 1. The first-order valence-electron chi connectivity index (χ1n) is 6.08. The van der Waals surface area contributed by atoms with Crippen LogP contribution in [0.25, 0.3) is 0 Å². The lowest BCUT2D eigenvalue weighted by Crippen LogP contribution is -2.46. The Kier molecular flexibility index (Phi) is 4.63. The van der Waals surface area contributed by atoms with E-state index in [1.165, 1.54) is 6.92 Å². The van der Waals surface area contributed by atoms with Crippen molar-refractivity contribution in [2.24, 2.45) is 5.10 Å². The fourth-order valence-corrected chi connectivity index (χ4v) is 1.37. The van der Waals surface area contributed by atoms with Gasteiger partial charge in [-0.25, -0.2) is 10.2 Å². The molecule has 0 aromatic rings. The highest BCUT2D eigenvalue weighted by Gasteiger charge is 2.25. The number of carbonyl (C=O) groups excluding carboxylic acids is 3. The third kappa shape index (κ3) is 5.07. The van der Waals surface area contributed by atoms with Crippen molar-refractivity contribution in [2.45, 2.75) is 52.2 Å². The van der Waals surface area contributed by atoms with Gasteiger partial charge < -0.3 is 10.1 Å². The Bertz CT molecular complexity index is 423. The predicted octanol–water partition coefficient (Wildman–Crippen LogP) is 0.0988. The molecule has 1 aliphatic rings. The van der Waals surface area contributed by atoms with Gasteiger partial charge in [0.05, 0.1) is 0 Å². The molecule has 19 heavy (non-hydrogen) atoms. The van der Waals surface area contributed by atoms with Crippen LogP contribution in [0, 0.1) is 0 Å².